The molecule has 0 aliphatic rings. The van der Waals surface area contributed by atoms with Crippen molar-refractivity contribution in [1.82, 2.24) is 0 Å². The number of benzene rings is 2. The molecule has 1 nitrogen and oxygen atoms in total. The highest BCUT2D eigenvalue weighted by molar-refractivity contribution is 9.10. The van der Waals surface area contributed by atoms with Crippen LogP contribution in [-0.2, 0) is 6.42 Å². The molecular formula is C14H11BrO. The van der Waals surface area contributed by atoms with Crippen LogP contribution < -0.4 is 0 Å². The molecule has 80 valence electrons. The largest absolute Gasteiger partial charge is 0.456 e. The molecule has 0 aliphatic heterocycles. The van der Waals surface area contributed by atoms with Gasteiger partial charge in [-0.2, -0.15) is 0 Å². The van der Waals surface area contributed by atoms with Gasteiger partial charge >= 0.3 is 0 Å². The van der Waals surface area contributed by atoms with Crippen molar-refractivity contribution >= 4 is 37.9 Å². The molecule has 2 aromatic carbocycles. The molecule has 0 amide bonds. The molecule has 1 aromatic heterocycles. The van der Waals surface area contributed by atoms with Gasteiger partial charge < -0.3 is 4.42 Å². The first-order valence-corrected chi connectivity index (χ1v) is 6.18. The fourth-order valence-corrected chi connectivity index (χ4v) is 2.76. The van der Waals surface area contributed by atoms with E-state index in [4.69, 9.17) is 4.42 Å². The average molecular weight is 275 g/mol. The molecule has 3 aromatic rings. The van der Waals surface area contributed by atoms with E-state index in [1.807, 2.05) is 18.2 Å². The van der Waals surface area contributed by atoms with Crippen LogP contribution in [0.2, 0.25) is 0 Å². The SMILES string of the molecule is CCc1cc(Br)c2c(c1)oc1ccccc12. The van der Waals surface area contributed by atoms with E-state index in [1.54, 1.807) is 0 Å². The smallest absolute Gasteiger partial charge is 0.136 e. The van der Waals surface area contributed by atoms with Crippen LogP contribution in [0.25, 0.3) is 21.9 Å². The van der Waals surface area contributed by atoms with Crippen molar-refractivity contribution in [2.24, 2.45) is 0 Å². The summed E-state index contributed by atoms with van der Waals surface area (Å²) in [5.74, 6) is 0. The minimum absolute atomic E-state index is 0.950. The number of furan rings is 1. The molecule has 0 saturated carbocycles. The number of hydrogen-bond acceptors (Lipinski definition) is 1. The Labute approximate surface area is 102 Å². The van der Waals surface area contributed by atoms with Gasteiger partial charge in [0.25, 0.3) is 0 Å². The minimum atomic E-state index is 0.950. The summed E-state index contributed by atoms with van der Waals surface area (Å²) < 4.78 is 6.96. The molecule has 1 heterocycles. The molecule has 0 bridgehead atoms. The fourth-order valence-electron chi connectivity index (χ4n) is 2.06. The highest BCUT2D eigenvalue weighted by atomic mass is 79.9. The fraction of sp³-hybridized carbons (Fsp3) is 0.143. The summed E-state index contributed by atoms with van der Waals surface area (Å²) in [6.07, 6.45) is 1.02. The van der Waals surface area contributed by atoms with Gasteiger partial charge in [-0.05, 0) is 30.2 Å². The van der Waals surface area contributed by atoms with Gasteiger partial charge in [-0.3, -0.25) is 0 Å². The van der Waals surface area contributed by atoms with Crippen molar-refractivity contribution in [3.8, 4) is 0 Å². The summed E-state index contributed by atoms with van der Waals surface area (Å²) in [6.45, 7) is 2.15. The van der Waals surface area contributed by atoms with Gasteiger partial charge in [-0.25, -0.2) is 0 Å². The predicted molar refractivity (Wildman–Crippen MR) is 70.8 cm³/mol. The lowest BCUT2D eigenvalue weighted by molar-refractivity contribution is 0.668. The monoisotopic (exact) mass is 274 g/mol. The summed E-state index contributed by atoms with van der Waals surface area (Å²) in [5.41, 5.74) is 3.21. The number of fused-ring (bicyclic) bond motifs is 3. The molecule has 0 N–H and O–H groups in total. The van der Waals surface area contributed by atoms with Crippen molar-refractivity contribution in [3.63, 3.8) is 0 Å². The lowest BCUT2D eigenvalue weighted by Gasteiger charge is -1.99. The third-order valence-corrected chi connectivity index (χ3v) is 3.52. The quantitative estimate of drug-likeness (QED) is 0.615. The molecule has 0 aliphatic carbocycles. The van der Waals surface area contributed by atoms with Crippen LogP contribution in [0, 0.1) is 0 Å². The third-order valence-electron chi connectivity index (χ3n) is 2.90. The van der Waals surface area contributed by atoms with E-state index in [-0.39, 0.29) is 0 Å². The Kier molecular flexibility index (Phi) is 2.25. The van der Waals surface area contributed by atoms with Crippen LogP contribution in [0.4, 0.5) is 0 Å². The Morgan fingerprint density at radius 1 is 1.12 bits per heavy atom. The zero-order valence-corrected chi connectivity index (χ0v) is 10.5. The van der Waals surface area contributed by atoms with Gasteiger partial charge in [0.15, 0.2) is 0 Å². The zero-order chi connectivity index (χ0) is 11.1. The number of halogens is 1. The first kappa shape index (κ1) is 9.91. The normalized spacial score (nSPS) is 11.4. The molecule has 0 atom stereocenters. The average Bonchev–Trinajstić information content (AvgIpc) is 2.67. The highest BCUT2D eigenvalue weighted by Crippen LogP contribution is 2.34. The lowest BCUT2D eigenvalue weighted by atomic mass is 10.1. The summed E-state index contributed by atoms with van der Waals surface area (Å²) in [7, 11) is 0. The van der Waals surface area contributed by atoms with Crippen LogP contribution in [0.15, 0.2) is 45.3 Å². The van der Waals surface area contributed by atoms with E-state index in [9.17, 15) is 0 Å². The van der Waals surface area contributed by atoms with Gasteiger partial charge in [0.05, 0.1) is 0 Å². The van der Waals surface area contributed by atoms with Crippen molar-refractivity contribution in [3.05, 3.63) is 46.4 Å². The van der Waals surface area contributed by atoms with Crippen LogP contribution in [-0.4, -0.2) is 0 Å². The second-order valence-electron chi connectivity index (χ2n) is 3.90. The Bertz CT molecular complexity index is 667. The van der Waals surface area contributed by atoms with Crippen molar-refractivity contribution in [2.45, 2.75) is 13.3 Å². The molecule has 2 heteroatoms. The maximum atomic E-state index is 5.85. The first-order valence-electron chi connectivity index (χ1n) is 5.39. The van der Waals surface area contributed by atoms with Crippen molar-refractivity contribution < 1.29 is 4.42 Å². The topological polar surface area (TPSA) is 13.1 Å². The Hall–Kier alpha value is -1.28. The van der Waals surface area contributed by atoms with Gasteiger partial charge in [0, 0.05) is 15.2 Å². The van der Waals surface area contributed by atoms with Crippen LogP contribution >= 0.6 is 15.9 Å². The molecule has 3 rings (SSSR count). The molecular weight excluding hydrogens is 264 g/mol. The second kappa shape index (κ2) is 3.63. The second-order valence-corrected chi connectivity index (χ2v) is 4.76. The van der Waals surface area contributed by atoms with E-state index in [2.05, 4.69) is 41.1 Å². The molecule has 0 unspecified atom stereocenters. The van der Waals surface area contributed by atoms with Gasteiger partial charge in [-0.1, -0.05) is 41.1 Å². The predicted octanol–water partition coefficient (Wildman–Crippen LogP) is 4.91. The maximum absolute atomic E-state index is 5.85. The van der Waals surface area contributed by atoms with Crippen molar-refractivity contribution in [1.29, 1.82) is 0 Å². The molecule has 16 heavy (non-hydrogen) atoms. The standard InChI is InChI=1S/C14H11BrO/c1-2-9-7-11(15)14-10-5-3-4-6-12(10)16-13(14)8-9/h3-8H,2H2,1H3. The van der Waals surface area contributed by atoms with E-state index < -0.39 is 0 Å². The summed E-state index contributed by atoms with van der Waals surface area (Å²) in [6, 6.07) is 12.4. The highest BCUT2D eigenvalue weighted by Gasteiger charge is 2.10. The van der Waals surface area contributed by atoms with Crippen LogP contribution in [0.5, 0.6) is 0 Å². The van der Waals surface area contributed by atoms with Gasteiger partial charge in [0.1, 0.15) is 11.2 Å². The summed E-state index contributed by atoms with van der Waals surface area (Å²) in [5, 5.41) is 2.35. The maximum Gasteiger partial charge on any atom is 0.136 e. The number of hydrogen-bond donors (Lipinski definition) is 0. The Morgan fingerprint density at radius 2 is 1.94 bits per heavy atom. The minimum Gasteiger partial charge on any atom is -0.456 e. The van der Waals surface area contributed by atoms with Crippen molar-refractivity contribution in [2.75, 3.05) is 0 Å². The van der Waals surface area contributed by atoms with Crippen LogP contribution in [0.1, 0.15) is 12.5 Å². The molecule has 0 saturated heterocycles. The number of para-hydroxylation sites is 1. The van der Waals surface area contributed by atoms with Crippen LogP contribution in [0.3, 0.4) is 0 Å². The van der Waals surface area contributed by atoms with E-state index in [0.717, 1.165) is 22.1 Å². The van der Waals surface area contributed by atoms with Gasteiger partial charge in [-0.15, -0.1) is 0 Å². The number of rotatable bonds is 1. The third kappa shape index (κ3) is 1.37. The summed E-state index contributed by atoms with van der Waals surface area (Å²) in [4.78, 5) is 0. The Balaban J connectivity index is 2.50. The molecule has 0 radical (unpaired) electrons. The van der Waals surface area contributed by atoms with E-state index in [1.165, 1.54) is 16.3 Å². The first-order chi connectivity index (χ1) is 7.79. The molecule has 0 spiro atoms. The zero-order valence-electron chi connectivity index (χ0n) is 8.96. The Morgan fingerprint density at radius 3 is 2.75 bits per heavy atom. The lowest BCUT2D eigenvalue weighted by Crippen LogP contribution is -1.79. The van der Waals surface area contributed by atoms with E-state index in [0.29, 0.717) is 0 Å². The van der Waals surface area contributed by atoms with E-state index >= 15 is 0 Å². The van der Waals surface area contributed by atoms with Gasteiger partial charge in [0.2, 0.25) is 0 Å². The molecule has 0 fully saturated rings. The number of aryl methyl sites for hydroxylation is 1. The summed E-state index contributed by atoms with van der Waals surface area (Å²) >= 11 is 3.63.